The molecule has 4 aliphatic heterocycles. The lowest BCUT2D eigenvalue weighted by Gasteiger charge is -2.37. The van der Waals surface area contributed by atoms with E-state index in [-0.39, 0.29) is 86.3 Å². The number of nitrogens with zero attached hydrogens (tertiary/aromatic N) is 3. The number of likely N-dealkylation sites (N-methyl/N-ethyl adjacent to an activating group) is 2. The number of amides is 5. The van der Waals surface area contributed by atoms with Crippen molar-refractivity contribution < 1.29 is 42.6 Å². The molecule has 2 aromatic rings. The summed E-state index contributed by atoms with van der Waals surface area (Å²) in [7, 11) is 0.550. The third-order valence-corrected chi connectivity index (χ3v) is 17.8. The third kappa shape index (κ3) is 19.2. The molecular weight excluding hydrogens is 1020 g/mol. The Hall–Kier alpha value is -4.23. The maximum atomic E-state index is 14.1. The first-order valence-corrected chi connectivity index (χ1v) is 30.6. The molecule has 6 rings (SSSR count). The zero-order chi connectivity index (χ0) is 55.9. The van der Waals surface area contributed by atoms with Gasteiger partial charge in [0.2, 0.25) is 39.6 Å². The van der Waals surface area contributed by atoms with E-state index in [1.807, 2.05) is 47.0 Å². The van der Waals surface area contributed by atoms with E-state index in [0.29, 0.717) is 44.4 Å². The molecule has 10 N–H and O–H groups in total. The van der Waals surface area contributed by atoms with Crippen LogP contribution in [0.5, 0.6) is 0 Å². The summed E-state index contributed by atoms with van der Waals surface area (Å²) in [5.74, 6) is -0.616. The summed E-state index contributed by atoms with van der Waals surface area (Å²) in [5.41, 5.74) is 3.65. The molecule has 5 amide bonds. The number of nitrogens with one attached hydrogen (secondary N) is 8. The highest BCUT2D eigenvalue weighted by molar-refractivity contribution is 8.00. The molecule has 7 unspecified atom stereocenters. The number of hydrogen-bond acceptors (Lipinski definition) is 15. The van der Waals surface area contributed by atoms with E-state index >= 15 is 0 Å². The largest absolute Gasteiger partial charge is 0.391 e. The van der Waals surface area contributed by atoms with E-state index in [1.165, 1.54) is 20.3 Å². The minimum absolute atomic E-state index is 0.0246. The van der Waals surface area contributed by atoms with Gasteiger partial charge in [0.15, 0.2) is 0 Å². The summed E-state index contributed by atoms with van der Waals surface area (Å²) in [6.07, 6.45) is 7.09. The van der Waals surface area contributed by atoms with E-state index in [0.717, 1.165) is 74.6 Å². The first-order chi connectivity index (χ1) is 36.6. The standard InChI is InChI=1S/C55H89N11O9S2/c1-36(56-5)26-37-17-19-38(20-18-37)30-59-52(72)45-29-43(67)33-66(45)53(73)50(55(2,3)4)62-47(68)16-11-9-8-10-12-23-58-49(70)34-64(6)46-28-40(21-24-57-46)39-14-13-15-41(27-39)44-35-76-54(61-44)63-48(69)31-60-51(71)42-22-25-65(32-42)77(7,74)75/h13-15,17-20,27,36,40,42-46,50,52,54,56-57,59,61,67,72H,8-12,16,21-26,28-35H2,1-7H3,(H,58,70)(H,60,71)(H,62,68)(H,63,69)/t36?,40?,42?,43-,44?,45+,46?,50-,52?,54?/m1/s1. The Kier molecular flexibility index (Phi) is 23.6. The van der Waals surface area contributed by atoms with E-state index in [4.69, 9.17) is 0 Å². The second-order valence-corrected chi connectivity index (χ2v) is 25.9. The fraction of sp³-hybridized carbons (Fsp3) is 0.691. The number of likely N-dealkylation sites (tertiary alicyclic amines) is 1. The van der Waals surface area contributed by atoms with Gasteiger partial charge < -0.3 is 47.0 Å². The minimum Gasteiger partial charge on any atom is -0.391 e. The van der Waals surface area contributed by atoms with Crippen LogP contribution in [0.25, 0.3) is 0 Å². The number of rotatable bonds is 27. The zero-order valence-corrected chi connectivity index (χ0v) is 48.1. The van der Waals surface area contributed by atoms with Crippen LogP contribution >= 0.6 is 11.8 Å². The quantitative estimate of drug-likeness (QED) is 0.0452. The van der Waals surface area contributed by atoms with Gasteiger partial charge in [0.1, 0.15) is 17.8 Å². The second-order valence-electron chi connectivity index (χ2n) is 22.8. The van der Waals surface area contributed by atoms with Gasteiger partial charge in [-0.1, -0.05) is 88.6 Å². The van der Waals surface area contributed by atoms with Crippen molar-refractivity contribution in [3.63, 3.8) is 0 Å². The van der Waals surface area contributed by atoms with Crippen molar-refractivity contribution in [2.24, 2.45) is 11.3 Å². The normalized spacial score (nSPS) is 24.3. The summed E-state index contributed by atoms with van der Waals surface area (Å²) >= 11 is 1.59. The number of carbonyl (C=O) groups excluding carboxylic acids is 5. The van der Waals surface area contributed by atoms with E-state index < -0.39 is 45.8 Å². The van der Waals surface area contributed by atoms with Crippen molar-refractivity contribution in [1.29, 1.82) is 0 Å². The number of carbonyl (C=O) groups is 5. The van der Waals surface area contributed by atoms with Gasteiger partial charge in [-0.15, -0.1) is 11.8 Å². The summed E-state index contributed by atoms with van der Waals surface area (Å²) in [6, 6.07) is 15.7. The Morgan fingerprint density at radius 1 is 0.909 bits per heavy atom. The molecule has 0 spiro atoms. The molecular formula is C55H89N11O9S2. The van der Waals surface area contributed by atoms with Gasteiger partial charge in [0.25, 0.3) is 0 Å². The Morgan fingerprint density at radius 2 is 1.62 bits per heavy atom. The van der Waals surface area contributed by atoms with Crippen LogP contribution in [0.3, 0.4) is 0 Å². The van der Waals surface area contributed by atoms with Crippen LogP contribution in [-0.4, -0.2) is 176 Å². The number of aliphatic hydroxyl groups excluding tert-OH is 2. The van der Waals surface area contributed by atoms with Crippen LogP contribution < -0.4 is 42.5 Å². The molecule has 4 fully saturated rings. The van der Waals surface area contributed by atoms with E-state index in [1.54, 1.807) is 11.8 Å². The topological polar surface area (TPSA) is 266 Å². The minimum atomic E-state index is -3.36. The Morgan fingerprint density at radius 3 is 2.34 bits per heavy atom. The number of unbranched alkanes of at least 4 members (excludes halogenated alkanes) is 4. The van der Waals surface area contributed by atoms with Crippen LogP contribution in [0.4, 0.5) is 0 Å². The van der Waals surface area contributed by atoms with Gasteiger partial charge in [0, 0.05) is 57.0 Å². The van der Waals surface area contributed by atoms with Crippen molar-refractivity contribution in [1.82, 2.24) is 56.6 Å². The highest BCUT2D eigenvalue weighted by Gasteiger charge is 2.44. The van der Waals surface area contributed by atoms with Crippen LogP contribution in [0, 0.1) is 11.3 Å². The fourth-order valence-electron chi connectivity index (χ4n) is 10.7. The molecule has 2 aromatic carbocycles. The Labute approximate surface area is 461 Å². The Bertz CT molecular complexity index is 2380. The highest BCUT2D eigenvalue weighted by Crippen LogP contribution is 2.34. The highest BCUT2D eigenvalue weighted by atomic mass is 32.2. The Balaban J connectivity index is 0.835. The number of sulfonamides is 1. The summed E-state index contributed by atoms with van der Waals surface area (Å²) in [4.78, 5) is 69.3. The number of hydrogen-bond donors (Lipinski definition) is 10. The molecule has 0 aliphatic carbocycles. The lowest BCUT2D eigenvalue weighted by atomic mass is 9.85. The van der Waals surface area contributed by atoms with Gasteiger partial charge >= 0.3 is 0 Å². The molecule has 0 radical (unpaired) electrons. The molecule has 20 nitrogen and oxygen atoms in total. The fourth-order valence-corrected chi connectivity index (χ4v) is 12.7. The van der Waals surface area contributed by atoms with Crippen molar-refractivity contribution in [2.75, 3.05) is 71.9 Å². The lowest BCUT2D eigenvalue weighted by molar-refractivity contribution is -0.142. The summed E-state index contributed by atoms with van der Waals surface area (Å²) in [6.45, 7) is 10.2. The van der Waals surface area contributed by atoms with Gasteiger partial charge in [-0.3, -0.25) is 39.5 Å². The molecule has 4 aliphatic rings. The van der Waals surface area contributed by atoms with Gasteiger partial charge in [0.05, 0.1) is 43.6 Å². The summed E-state index contributed by atoms with van der Waals surface area (Å²) < 4.78 is 24.9. The van der Waals surface area contributed by atoms with Crippen molar-refractivity contribution in [2.45, 2.75) is 159 Å². The van der Waals surface area contributed by atoms with Crippen molar-refractivity contribution in [3.8, 4) is 0 Å². The van der Waals surface area contributed by atoms with E-state index in [9.17, 15) is 42.6 Å². The number of aliphatic hydroxyl groups is 2. The number of β-amino-alcohol motifs (C(OH)–C–C–N with tert-alkyl or cyclic N) is 1. The number of piperidine rings is 1. The lowest BCUT2D eigenvalue weighted by Crippen LogP contribution is -2.58. The molecule has 10 atom stereocenters. The predicted molar refractivity (Wildman–Crippen MR) is 300 cm³/mol. The van der Waals surface area contributed by atoms with Crippen LogP contribution in [0.1, 0.15) is 126 Å². The molecule has 77 heavy (non-hydrogen) atoms. The van der Waals surface area contributed by atoms with E-state index in [2.05, 4.69) is 90.8 Å². The monoisotopic (exact) mass is 1110 g/mol. The molecule has 0 saturated carbocycles. The van der Waals surface area contributed by atoms with Crippen molar-refractivity contribution in [3.05, 3.63) is 70.8 Å². The van der Waals surface area contributed by atoms with Crippen molar-refractivity contribution >= 4 is 51.3 Å². The average molecular weight is 1110 g/mol. The average Bonchev–Trinajstić information content (AvgIpc) is 4.19. The second kappa shape index (κ2) is 29.3. The zero-order valence-electron chi connectivity index (χ0n) is 46.4. The molecule has 4 saturated heterocycles. The van der Waals surface area contributed by atoms with Gasteiger partial charge in [-0.25, -0.2) is 12.7 Å². The first-order valence-electron chi connectivity index (χ1n) is 27.7. The third-order valence-electron chi connectivity index (χ3n) is 15.4. The SMILES string of the molecule is CNC(C)Cc1ccc(CNC(O)[C@@H]2C[C@@H](O)CN2C(=O)[C@@H](NC(=O)CCCCCCCNC(=O)CN(C)C2CC(c3cccc(C4CSC(NC(=O)CNC(=O)C5CCN(S(C)(=O)=O)C5)N4)c3)CCN2)C(C)(C)C)cc1. The number of thioether (sulfide) groups is 1. The summed E-state index contributed by atoms with van der Waals surface area (Å²) in [5, 5.41) is 47.0. The molecule has 4 heterocycles. The predicted octanol–water partition coefficient (Wildman–Crippen LogP) is 1.79. The molecule has 0 aromatic heterocycles. The molecule has 430 valence electrons. The van der Waals surface area contributed by atoms with Crippen LogP contribution in [0.2, 0.25) is 0 Å². The maximum absolute atomic E-state index is 14.1. The van der Waals surface area contributed by atoms with Crippen LogP contribution in [0.15, 0.2) is 48.5 Å². The smallest absolute Gasteiger partial charge is 0.246 e. The van der Waals surface area contributed by atoms with Gasteiger partial charge in [-0.2, -0.15) is 0 Å². The maximum Gasteiger partial charge on any atom is 0.246 e. The molecule has 22 heteroatoms. The van der Waals surface area contributed by atoms with Crippen LogP contribution in [-0.2, 0) is 47.0 Å². The first kappa shape index (κ1) is 62.0. The van der Waals surface area contributed by atoms with Gasteiger partial charge in [-0.05, 0) is 106 Å². The molecule has 0 bridgehead atoms. The number of benzene rings is 2.